The number of hydrogen-bond donors (Lipinski definition) is 2. The fourth-order valence-corrected chi connectivity index (χ4v) is 7.06. The standard InChI is InChI=1S/C12H30N2O5P2/c1-9(2)13(10(3)4)20(15,19-21(16,17)18)14(11(5)6)12(7)8/h9-12H,1-8H3,(H2,16,17,18). The molecule has 21 heavy (non-hydrogen) atoms. The monoisotopic (exact) mass is 344 g/mol. The van der Waals surface area contributed by atoms with E-state index in [0.717, 1.165) is 0 Å². The number of phosphoric acid groups is 1. The molecular formula is C12H30N2O5P2. The molecule has 0 saturated carbocycles. The topological polar surface area (TPSA) is 90.3 Å². The molecule has 0 bridgehead atoms. The molecule has 128 valence electrons. The van der Waals surface area contributed by atoms with Gasteiger partial charge >= 0.3 is 15.5 Å². The molecule has 0 aliphatic carbocycles. The second kappa shape index (κ2) is 7.69. The molecule has 2 N–H and O–H groups in total. The van der Waals surface area contributed by atoms with Gasteiger partial charge in [0, 0.05) is 24.2 Å². The maximum atomic E-state index is 13.5. The van der Waals surface area contributed by atoms with E-state index >= 15 is 0 Å². The summed E-state index contributed by atoms with van der Waals surface area (Å²) in [6.45, 7) is 14.6. The highest BCUT2D eigenvalue weighted by Gasteiger charge is 2.48. The van der Waals surface area contributed by atoms with Crippen molar-refractivity contribution in [3.8, 4) is 0 Å². The Morgan fingerprint density at radius 3 is 1.10 bits per heavy atom. The van der Waals surface area contributed by atoms with Crippen molar-refractivity contribution in [2.24, 2.45) is 0 Å². The first-order valence-electron chi connectivity index (χ1n) is 7.18. The van der Waals surface area contributed by atoms with Crippen LogP contribution in [0.5, 0.6) is 0 Å². The average molecular weight is 344 g/mol. The van der Waals surface area contributed by atoms with Crippen LogP contribution in [-0.2, 0) is 13.4 Å². The van der Waals surface area contributed by atoms with Gasteiger partial charge < -0.3 is 9.79 Å². The third kappa shape index (κ3) is 5.76. The largest absolute Gasteiger partial charge is 0.477 e. The summed E-state index contributed by atoms with van der Waals surface area (Å²) >= 11 is 0. The highest BCUT2D eigenvalue weighted by molar-refractivity contribution is 7.64. The maximum Gasteiger partial charge on any atom is 0.477 e. The highest BCUT2D eigenvalue weighted by atomic mass is 31.3. The van der Waals surface area contributed by atoms with Gasteiger partial charge in [0.25, 0.3) is 0 Å². The Morgan fingerprint density at radius 2 is 0.952 bits per heavy atom. The molecule has 0 aromatic rings. The van der Waals surface area contributed by atoms with Crippen molar-refractivity contribution in [2.75, 3.05) is 0 Å². The number of nitrogens with zero attached hydrogens (tertiary/aromatic N) is 2. The molecule has 0 rings (SSSR count). The first-order chi connectivity index (χ1) is 9.24. The lowest BCUT2D eigenvalue weighted by atomic mass is 10.3. The van der Waals surface area contributed by atoms with Crippen molar-refractivity contribution in [3.63, 3.8) is 0 Å². The molecule has 0 aliphatic rings. The van der Waals surface area contributed by atoms with Gasteiger partial charge in [-0.3, -0.25) is 4.57 Å². The first-order valence-corrected chi connectivity index (χ1v) is 10.2. The summed E-state index contributed by atoms with van der Waals surface area (Å²) in [5.41, 5.74) is 0. The molecule has 0 fully saturated rings. The van der Waals surface area contributed by atoms with E-state index in [-0.39, 0.29) is 24.2 Å². The first kappa shape index (κ1) is 21.3. The molecule has 0 heterocycles. The van der Waals surface area contributed by atoms with Crippen LogP contribution in [-0.4, -0.2) is 43.3 Å². The van der Waals surface area contributed by atoms with Crippen LogP contribution in [0.2, 0.25) is 0 Å². The predicted molar refractivity (Wildman–Crippen MR) is 85.0 cm³/mol. The summed E-state index contributed by atoms with van der Waals surface area (Å²) in [4.78, 5) is 18.5. The smallest absolute Gasteiger partial charge is 0.302 e. The van der Waals surface area contributed by atoms with Gasteiger partial charge in [-0.05, 0) is 55.4 Å². The quantitative estimate of drug-likeness (QED) is 0.652. The molecule has 9 heteroatoms. The van der Waals surface area contributed by atoms with Crippen molar-refractivity contribution in [1.29, 1.82) is 0 Å². The molecule has 0 unspecified atom stereocenters. The lowest BCUT2D eigenvalue weighted by molar-refractivity contribution is 0.170. The number of hydrogen-bond acceptors (Lipinski definition) is 3. The minimum absolute atomic E-state index is 0.192. The van der Waals surface area contributed by atoms with E-state index in [1.807, 2.05) is 55.4 Å². The van der Waals surface area contributed by atoms with Crippen molar-refractivity contribution in [3.05, 3.63) is 0 Å². The van der Waals surface area contributed by atoms with Crippen LogP contribution in [0.4, 0.5) is 0 Å². The van der Waals surface area contributed by atoms with E-state index < -0.39 is 15.5 Å². The van der Waals surface area contributed by atoms with Gasteiger partial charge in [0.05, 0.1) is 0 Å². The summed E-state index contributed by atoms with van der Waals surface area (Å²) in [6.07, 6.45) is 0. The Balaban J connectivity index is 6.10. The van der Waals surface area contributed by atoms with Crippen LogP contribution in [0.15, 0.2) is 0 Å². The Kier molecular flexibility index (Phi) is 7.79. The van der Waals surface area contributed by atoms with Gasteiger partial charge in [-0.25, -0.2) is 18.2 Å². The van der Waals surface area contributed by atoms with Crippen LogP contribution < -0.4 is 0 Å². The fourth-order valence-electron chi connectivity index (χ4n) is 2.70. The average Bonchev–Trinajstić information content (AvgIpc) is 2.08. The van der Waals surface area contributed by atoms with E-state index in [1.54, 1.807) is 9.34 Å². The molecule has 0 aromatic carbocycles. The molecule has 0 spiro atoms. The Labute approximate surface area is 128 Å². The molecule has 0 aromatic heterocycles. The van der Waals surface area contributed by atoms with Crippen molar-refractivity contribution >= 4 is 15.5 Å². The van der Waals surface area contributed by atoms with Gasteiger partial charge in [0.2, 0.25) is 0 Å². The van der Waals surface area contributed by atoms with E-state index in [1.165, 1.54) is 0 Å². The third-order valence-electron chi connectivity index (χ3n) is 2.91. The second-order valence-electron chi connectivity index (χ2n) is 6.20. The maximum absolute atomic E-state index is 13.5. The van der Waals surface area contributed by atoms with Crippen molar-refractivity contribution < 1.29 is 23.2 Å². The molecule has 7 nitrogen and oxygen atoms in total. The second-order valence-corrected chi connectivity index (χ2v) is 9.74. The van der Waals surface area contributed by atoms with Crippen LogP contribution in [0.25, 0.3) is 0 Å². The zero-order valence-electron chi connectivity index (χ0n) is 14.2. The van der Waals surface area contributed by atoms with Crippen molar-refractivity contribution in [1.82, 2.24) is 9.34 Å². The van der Waals surface area contributed by atoms with Gasteiger partial charge in [-0.1, -0.05) is 0 Å². The van der Waals surface area contributed by atoms with Gasteiger partial charge in [-0.2, -0.15) is 0 Å². The van der Waals surface area contributed by atoms with Gasteiger partial charge in [0.1, 0.15) is 0 Å². The van der Waals surface area contributed by atoms with Gasteiger partial charge in [-0.15, -0.1) is 0 Å². The fraction of sp³-hybridized carbons (Fsp3) is 1.00. The van der Waals surface area contributed by atoms with E-state index in [0.29, 0.717) is 0 Å². The highest BCUT2D eigenvalue weighted by Crippen LogP contribution is 2.66. The summed E-state index contributed by atoms with van der Waals surface area (Å²) in [5.74, 6) is 0. The normalized spacial score (nSPS) is 14.5. The summed E-state index contributed by atoms with van der Waals surface area (Å²) in [7, 11) is -8.78. The van der Waals surface area contributed by atoms with E-state index in [4.69, 9.17) is 4.31 Å². The van der Waals surface area contributed by atoms with Gasteiger partial charge in [0.15, 0.2) is 0 Å². The van der Waals surface area contributed by atoms with Crippen LogP contribution in [0.3, 0.4) is 0 Å². The predicted octanol–water partition coefficient (Wildman–Crippen LogP) is 3.44. The van der Waals surface area contributed by atoms with Crippen LogP contribution >= 0.6 is 15.5 Å². The zero-order valence-corrected chi connectivity index (χ0v) is 16.0. The lowest BCUT2D eigenvalue weighted by Crippen LogP contribution is -2.45. The Hall–Kier alpha value is 0.260. The minimum atomic E-state index is -4.90. The van der Waals surface area contributed by atoms with E-state index in [2.05, 4.69) is 0 Å². The lowest BCUT2D eigenvalue weighted by Gasteiger charge is -2.45. The minimum Gasteiger partial charge on any atom is -0.302 e. The molecular weight excluding hydrogens is 314 g/mol. The third-order valence-corrected chi connectivity index (χ3v) is 7.63. The molecule has 0 atom stereocenters. The molecule has 0 amide bonds. The summed E-state index contributed by atoms with van der Waals surface area (Å²) in [6, 6.07) is -0.769. The Bertz CT molecular complexity index is 380. The zero-order chi connectivity index (χ0) is 17.2. The van der Waals surface area contributed by atoms with E-state index in [9.17, 15) is 18.9 Å². The molecule has 0 radical (unpaired) electrons. The molecule has 0 saturated heterocycles. The SMILES string of the molecule is CC(C)N(C(C)C)P(=O)(OP(=O)(O)O)N(C(C)C)C(C)C. The van der Waals surface area contributed by atoms with Crippen LogP contribution in [0.1, 0.15) is 55.4 Å². The van der Waals surface area contributed by atoms with Crippen molar-refractivity contribution in [2.45, 2.75) is 79.6 Å². The Morgan fingerprint density at radius 1 is 0.714 bits per heavy atom. The summed E-state index contributed by atoms with van der Waals surface area (Å²) < 4.78 is 32.9. The summed E-state index contributed by atoms with van der Waals surface area (Å²) in [5, 5.41) is 0. The molecule has 0 aliphatic heterocycles. The van der Waals surface area contributed by atoms with Crippen LogP contribution in [0, 0.1) is 0 Å². The number of rotatable bonds is 8.